The third-order valence-corrected chi connectivity index (χ3v) is 6.27. The van der Waals surface area contributed by atoms with Gasteiger partial charge < -0.3 is 5.11 Å². The van der Waals surface area contributed by atoms with Gasteiger partial charge in [0.1, 0.15) is 5.01 Å². The van der Waals surface area contributed by atoms with Crippen molar-refractivity contribution in [3.63, 3.8) is 0 Å². The van der Waals surface area contributed by atoms with Gasteiger partial charge in [0.05, 0.1) is 13.2 Å². The van der Waals surface area contributed by atoms with Gasteiger partial charge in [-0.25, -0.2) is 4.98 Å². The quantitative estimate of drug-likeness (QED) is 0.921. The van der Waals surface area contributed by atoms with Crippen LogP contribution in [0.4, 0.5) is 0 Å². The Kier molecular flexibility index (Phi) is 3.76. The molecule has 22 heavy (non-hydrogen) atoms. The Morgan fingerprint density at radius 3 is 2.86 bits per heavy atom. The zero-order valence-electron chi connectivity index (χ0n) is 12.7. The normalized spacial score (nSPS) is 31.0. The largest absolute Gasteiger partial charge is 0.396 e. The Morgan fingerprint density at radius 1 is 1.27 bits per heavy atom. The fraction of sp³-hybridized carbons (Fsp3) is 0.500. The van der Waals surface area contributed by atoms with Crippen molar-refractivity contribution in [3.05, 3.63) is 52.5 Å². The van der Waals surface area contributed by atoms with E-state index in [1.165, 1.54) is 23.4 Å². The molecule has 3 nitrogen and oxygen atoms in total. The summed E-state index contributed by atoms with van der Waals surface area (Å²) in [5.41, 5.74) is 1.37. The van der Waals surface area contributed by atoms with E-state index in [-0.39, 0.29) is 12.0 Å². The second kappa shape index (κ2) is 5.76. The number of hydrogen-bond acceptors (Lipinski definition) is 4. The molecule has 2 fully saturated rings. The highest BCUT2D eigenvalue weighted by molar-refractivity contribution is 7.09. The van der Waals surface area contributed by atoms with Crippen LogP contribution in [-0.2, 0) is 13.0 Å². The van der Waals surface area contributed by atoms with E-state index in [2.05, 4.69) is 45.6 Å². The standard InChI is InChI=1S/C18H22N2OS/c21-13-18(10-14-4-2-1-3-5-14)11-15-6-7-16(18)20(15)12-17-19-8-9-22-17/h1-5,8-9,15-16,21H,6-7,10-13H2/t15-,16+,18-/m1/s1. The zero-order valence-corrected chi connectivity index (χ0v) is 13.5. The minimum atomic E-state index is 0.0293. The Bertz CT molecular complexity index is 615. The topological polar surface area (TPSA) is 36.4 Å². The molecule has 4 heteroatoms. The lowest BCUT2D eigenvalue weighted by Gasteiger charge is -2.36. The average Bonchev–Trinajstić information content (AvgIpc) is 3.26. The molecule has 4 rings (SSSR count). The molecular weight excluding hydrogens is 292 g/mol. The van der Waals surface area contributed by atoms with Gasteiger partial charge in [-0.2, -0.15) is 0 Å². The summed E-state index contributed by atoms with van der Waals surface area (Å²) in [5, 5.41) is 13.5. The van der Waals surface area contributed by atoms with Gasteiger partial charge in [-0.15, -0.1) is 11.3 Å². The summed E-state index contributed by atoms with van der Waals surface area (Å²) in [7, 11) is 0. The molecule has 0 saturated carbocycles. The summed E-state index contributed by atoms with van der Waals surface area (Å²) >= 11 is 1.74. The van der Waals surface area contributed by atoms with Crippen molar-refractivity contribution in [3.8, 4) is 0 Å². The fourth-order valence-corrected chi connectivity index (χ4v) is 5.19. The molecule has 1 aromatic carbocycles. The number of rotatable bonds is 5. The zero-order chi connectivity index (χ0) is 15.0. The summed E-state index contributed by atoms with van der Waals surface area (Å²) in [6, 6.07) is 11.7. The molecule has 2 aromatic rings. The van der Waals surface area contributed by atoms with Crippen LogP contribution in [0.2, 0.25) is 0 Å². The Hall–Kier alpha value is -1.23. The Balaban J connectivity index is 1.57. The number of benzene rings is 1. The van der Waals surface area contributed by atoms with E-state index in [0.717, 1.165) is 19.4 Å². The van der Waals surface area contributed by atoms with Crippen LogP contribution in [0, 0.1) is 5.41 Å². The van der Waals surface area contributed by atoms with Crippen LogP contribution in [0.5, 0.6) is 0 Å². The molecule has 2 aliphatic rings. The molecule has 3 atom stereocenters. The number of aliphatic hydroxyl groups excluding tert-OH is 1. The first-order valence-corrected chi connectivity index (χ1v) is 8.98. The number of nitrogens with zero attached hydrogens (tertiary/aromatic N) is 2. The van der Waals surface area contributed by atoms with Gasteiger partial charge in [-0.05, 0) is 31.2 Å². The predicted octanol–water partition coefficient (Wildman–Crippen LogP) is 3.10. The molecule has 0 amide bonds. The van der Waals surface area contributed by atoms with Crippen LogP contribution < -0.4 is 0 Å². The van der Waals surface area contributed by atoms with Gasteiger partial charge in [0.2, 0.25) is 0 Å². The third kappa shape index (κ3) is 2.39. The minimum Gasteiger partial charge on any atom is -0.396 e. The molecule has 2 saturated heterocycles. The first kappa shape index (κ1) is 14.4. The van der Waals surface area contributed by atoms with Gasteiger partial charge in [-0.1, -0.05) is 30.3 Å². The van der Waals surface area contributed by atoms with Crippen molar-refractivity contribution in [2.75, 3.05) is 6.61 Å². The van der Waals surface area contributed by atoms with E-state index in [1.54, 1.807) is 11.3 Å². The van der Waals surface area contributed by atoms with Crippen LogP contribution in [0.15, 0.2) is 41.9 Å². The van der Waals surface area contributed by atoms with Crippen LogP contribution >= 0.6 is 11.3 Å². The van der Waals surface area contributed by atoms with Gasteiger partial charge in [0, 0.05) is 29.1 Å². The van der Waals surface area contributed by atoms with Crippen molar-refractivity contribution < 1.29 is 5.11 Å². The molecule has 2 bridgehead atoms. The highest BCUT2D eigenvalue weighted by Gasteiger charge is 2.55. The van der Waals surface area contributed by atoms with Crippen LogP contribution in [0.3, 0.4) is 0 Å². The number of thiazole rings is 1. The maximum Gasteiger partial charge on any atom is 0.107 e. The first-order valence-electron chi connectivity index (χ1n) is 8.10. The van der Waals surface area contributed by atoms with E-state index < -0.39 is 0 Å². The van der Waals surface area contributed by atoms with Crippen molar-refractivity contribution in [2.24, 2.45) is 5.41 Å². The SMILES string of the molecule is OC[C@@]1(Cc2ccccc2)C[C@H]2CC[C@@H]1N2Cc1nccs1. The van der Waals surface area contributed by atoms with E-state index in [9.17, 15) is 5.11 Å². The lowest BCUT2D eigenvalue weighted by Crippen LogP contribution is -2.41. The Morgan fingerprint density at radius 2 is 2.14 bits per heavy atom. The summed E-state index contributed by atoms with van der Waals surface area (Å²) in [6.07, 6.45) is 6.48. The van der Waals surface area contributed by atoms with Gasteiger partial charge in [0.15, 0.2) is 0 Å². The Labute approximate surface area is 135 Å². The highest BCUT2D eigenvalue weighted by atomic mass is 32.1. The molecule has 1 aromatic heterocycles. The number of aromatic nitrogens is 1. The summed E-state index contributed by atoms with van der Waals surface area (Å²) in [5.74, 6) is 0. The molecule has 0 unspecified atom stereocenters. The minimum absolute atomic E-state index is 0.0293. The second-order valence-corrected chi connectivity index (χ2v) is 7.71. The highest BCUT2D eigenvalue weighted by Crippen LogP contribution is 2.51. The smallest absolute Gasteiger partial charge is 0.107 e. The van der Waals surface area contributed by atoms with E-state index >= 15 is 0 Å². The predicted molar refractivity (Wildman–Crippen MR) is 88.7 cm³/mol. The van der Waals surface area contributed by atoms with E-state index in [0.29, 0.717) is 12.1 Å². The number of fused-ring (bicyclic) bond motifs is 2. The number of aliphatic hydroxyl groups is 1. The van der Waals surface area contributed by atoms with E-state index in [4.69, 9.17) is 0 Å². The summed E-state index contributed by atoms with van der Waals surface area (Å²) < 4.78 is 0. The molecule has 0 radical (unpaired) electrons. The maximum absolute atomic E-state index is 10.2. The van der Waals surface area contributed by atoms with Crippen molar-refractivity contribution in [1.82, 2.24) is 9.88 Å². The molecule has 2 aliphatic heterocycles. The molecule has 0 aliphatic carbocycles. The van der Waals surface area contributed by atoms with Gasteiger partial charge >= 0.3 is 0 Å². The second-order valence-electron chi connectivity index (χ2n) is 6.73. The first-order chi connectivity index (χ1) is 10.8. The van der Waals surface area contributed by atoms with Crippen LogP contribution in [0.25, 0.3) is 0 Å². The van der Waals surface area contributed by atoms with Crippen molar-refractivity contribution in [2.45, 2.75) is 44.3 Å². The van der Waals surface area contributed by atoms with Crippen molar-refractivity contribution in [1.29, 1.82) is 0 Å². The monoisotopic (exact) mass is 314 g/mol. The molecule has 0 spiro atoms. The molecular formula is C18H22N2OS. The third-order valence-electron chi connectivity index (χ3n) is 5.51. The van der Waals surface area contributed by atoms with Crippen LogP contribution in [-0.4, -0.2) is 33.7 Å². The molecule has 3 heterocycles. The molecule has 116 valence electrons. The summed E-state index contributed by atoms with van der Waals surface area (Å²) in [4.78, 5) is 7.06. The van der Waals surface area contributed by atoms with Gasteiger partial charge in [0.25, 0.3) is 0 Å². The lowest BCUT2D eigenvalue weighted by molar-refractivity contribution is 0.0750. The summed E-state index contributed by atoms with van der Waals surface area (Å²) in [6.45, 7) is 1.24. The molecule has 1 N–H and O–H groups in total. The van der Waals surface area contributed by atoms with E-state index in [1.807, 2.05) is 6.20 Å². The maximum atomic E-state index is 10.2. The lowest BCUT2D eigenvalue weighted by atomic mass is 9.70. The van der Waals surface area contributed by atoms with Crippen LogP contribution in [0.1, 0.15) is 29.8 Å². The average molecular weight is 314 g/mol. The fourth-order valence-electron chi connectivity index (χ4n) is 4.56. The van der Waals surface area contributed by atoms with Crippen molar-refractivity contribution >= 4 is 11.3 Å². The number of hydrogen-bond donors (Lipinski definition) is 1. The van der Waals surface area contributed by atoms with Gasteiger partial charge in [-0.3, -0.25) is 4.90 Å².